The minimum atomic E-state index is -1.14. The number of nitrogens with zero attached hydrogens (tertiary/aromatic N) is 2. The van der Waals surface area contributed by atoms with Crippen molar-refractivity contribution < 1.29 is 14.3 Å². The van der Waals surface area contributed by atoms with E-state index in [0.717, 1.165) is 5.56 Å². The second-order valence-electron chi connectivity index (χ2n) is 5.31. The van der Waals surface area contributed by atoms with Crippen LogP contribution in [0.5, 0.6) is 0 Å². The lowest BCUT2D eigenvalue weighted by atomic mass is 10.1. The van der Waals surface area contributed by atoms with E-state index in [0.29, 0.717) is 28.4 Å². The Balaban J connectivity index is 2.71. The van der Waals surface area contributed by atoms with Crippen LogP contribution in [0.4, 0.5) is 4.39 Å². The third kappa shape index (κ3) is 3.92. The number of carboxylic acid groups (broad SMARTS) is 1. The van der Waals surface area contributed by atoms with Gasteiger partial charge in [0.2, 0.25) is 0 Å². The highest BCUT2D eigenvalue weighted by molar-refractivity contribution is 6.31. The van der Waals surface area contributed by atoms with Gasteiger partial charge in [-0.15, -0.1) is 0 Å². The summed E-state index contributed by atoms with van der Waals surface area (Å²) in [7, 11) is 0. The van der Waals surface area contributed by atoms with Crippen LogP contribution in [0.3, 0.4) is 0 Å². The average molecular weight is 349 g/mol. The van der Waals surface area contributed by atoms with Gasteiger partial charge in [-0.2, -0.15) is 5.10 Å². The van der Waals surface area contributed by atoms with Crippen molar-refractivity contribution in [2.75, 3.05) is 0 Å². The number of carboxylic acids is 1. The lowest BCUT2D eigenvalue weighted by Gasteiger charge is -2.11. The SMILES string of the molecule is C/C=C(Cl)\C=C(/CC)n1nc(C(=O)O)cc1-c1cc(C)cc(F)c1. The first-order valence-corrected chi connectivity index (χ1v) is 7.87. The monoisotopic (exact) mass is 348 g/mol. The minimum absolute atomic E-state index is 0.108. The van der Waals surface area contributed by atoms with E-state index in [1.165, 1.54) is 22.9 Å². The summed E-state index contributed by atoms with van der Waals surface area (Å²) in [4.78, 5) is 11.3. The number of rotatable bonds is 5. The van der Waals surface area contributed by atoms with Crippen molar-refractivity contribution in [3.8, 4) is 11.3 Å². The van der Waals surface area contributed by atoms with Gasteiger partial charge in [0.25, 0.3) is 0 Å². The molecular weight excluding hydrogens is 331 g/mol. The zero-order chi connectivity index (χ0) is 17.9. The number of hydrogen-bond donors (Lipinski definition) is 1. The van der Waals surface area contributed by atoms with Crippen LogP contribution in [-0.4, -0.2) is 20.9 Å². The molecule has 0 spiro atoms. The molecule has 0 atom stereocenters. The van der Waals surface area contributed by atoms with Gasteiger partial charge in [0.15, 0.2) is 5.69 Å². The van der Waals surface area contributed by atoms with Gasteiger partial charge in [-0.05, 0) is 56.2 Å². The Morgan fingerprint density at radius 1 is 1.38 bits per heavy atom. The molecule has 0 amide bonds. The number of allylic oxidation sites excluding steroid dienone is 4. The second-order valence-corrected chi connectivity index (χ2v) is 5.75. The van der Waals surface area contributed by atoms with Crippen LogP contribution in [0.25, 0.3) is 17.0 Å². The van der Waals surface area contributed by atoms with Crippen LogP contribution < -0.4 is 0 Å². The maximum atomic E-state index is 13.8. The number of halogens is 2. The third-order valence-corrected chi connectivity index (χ3v) is 3.81. The van der Waals surface area contributed by atoms with Crippen molar-refractivity contribution in [3.05, 3.63) is 58.5 Å². The van der Waals surface area contributed by atoms with E-state index in [1.54, 1.807) is 32.1 Å². The molecule has 0 saturated heterocycles. The summed E-state index contributed by atoms with van der Waals surface area (Å²) >= 11 is 6.07. The molecule has 0 aliphatic heterocycles. The van der Waals surface area contributed by atoms with Gasteiger partial charge in [0.05, 0.1) is 5.69 Å². The van der Waals surface area contributed by atoms with Crippen LogP contribution in [0.15, 0.2) is 41.4 Å². The van der Waals surface area contributed by atoms with Gasteiger partial charge >= 0.3 is 5.97 Å². The molecule has 1 heterocycles. The molecular formula is C18H18ClFN2O2. The van der Waals surface area contributed by atoms with Gasteiger partial charge in [-0.1, -0.05) is 24.6 Å². The van der Waals surface area contributed by atoms with Crippen molar-refractivity contribution in [2.24, 2.45) is 0 Å². The summed E-state index contributed by atoms with van der Waals surface area (Å²) in [6, 6.07) is 5.99. The highest BCUT2D eigenvalue weighted by Crippen LogP contribution is 2.27. The van der Waals surface area contributed by atoms with Crippen LogP contribution in [0.1, 0.15) is 36.3 Å². The fraction of sp³-hybridized carbons (Fsp3) is 0.222. The molecule has 0 aliphatic carbocycles. The van der Waals surface area contributed by atoms with Crippen LogP contribution in [0, 0.1) is 12.7 Å². The molecule has 0 radical (unpaired) electrons. The Labute approximate surface area is 144 Å². The summed E-state index contributed by atoms with van der Waals surface area (Å²) in [6.45, 7) is 5.49. The Morgan fingerprint density at radius 2 is 2.08 bits per heavy atom. The fourth-order valence-corrected chi connectivity index (χ4v) is 2.48. The largest absolute Gasteiger partial charge is 0.476 e. The molecule has 2 aromatic rings. The van der Waals surface area contributed by atoms with Gasteiger partial charge in [-0.3, -0.25) is 0 Å². The van der Waals surface area contributed by atoms with E-state index in [-0.39, 0.29) is 11.5 Å². The molecule has 1 aromatic heterocycles. The molecule has 1 N–H and O–H groups in total. The number of benzene rings is 1. The van der Waals surface area contributed by atoms with Crippen molar-refractivity contribution in [2.45, 2.75) is 27.2 Å². The van der Waals surface area contributed by atoms with E-state index in [1.807, 2.05) is 6.92 Å². The van der Waals surface area contributed by atoms with E-state index in [4.69, 9.17) is 11.6 Å². The normalized spacial score (nSPS) is 12.5. The van der Waals surface area contributed by atoms with Crippen molar-refractivity contribution in [3.63, 3.8) is 0 Å². The Morgan fingerprint density at radius 3 is 2.62 bits per heavy atom. The third-order valence-electron chi connectivity index (χ3n) is 3.48. The predicted molar refractivity (Wildman–Crippen MR) is 93.5 cm³/mol. The Hall–Kier alpha value is -2.40. The molecule has 0 fully saturated rings. The highest BCUT2D eigenvalue weighted by atomic mass is 35.5. The number of hydrogen-bond acceptors (Lipinski definition) is 2. The first-order valence-electron chi connectivity index (χ1n) is 7.49. The molecule has 24 heavy (non-hydrogen) atoms. The molecule has 0 aliphatic rings. The standard InChI is InChI=1S/C18H18ClFN2O2/c1-4-13(19)9-15(5-2)22-17(10-16(21-22)18(23)24)12-6-11(3)7-14(20)8-12/h4,6-10H,5H2,1-3H3,(H,23,24)/b13-4+,15-9+. The molecule has 2 rings (SSSR count). The molecule has 126 valence electrons. The van der Waals surface area contributed by atoms with E-state index in [9.17, 15) is 14.3 Å². The second kappa shape index (κ2) is 7.45. The number of aromatic carboxylic acids is 1. The number of aromatic nitrogens is 2. The van der Waals surface area contributed by atoms with E-state index < -0.39 is 5.97 Å². The minimum Gasteiger partial charge on any atom is -0.476 e. The Kier molecular flexibility index (Phi) is 5.57. The summed E-state index contributed by atoms with van der Waals surface area (Å²) in [5.41, 5.74) is 2.40. The zero-order valence-electron chi connectivity index (χ0n) is 13.7. The van der Waals surface area contributed by atoms with Gasteiger partial charge in [0.1, 0.15) is 5.82 Å². The highest BCUT2D eigenvalue weighted by Gasteiger charge is 2.17. The maximum absolute atomic E-state index is 13.8. The molecule has 4 nitrogen and oxygen atoms in total. The fourth-order valence-electron chi connectivity index (χ4n) is 2.35. The molecule has 0 saturated carbocycles. The van der Waals surface area contributed by atoms with Gasteiger partial charge < -0.3 is 5.11 Å². The number of carbonyl (C=O) groups is 1. The van der Waals surface area contributed by atoms with E-state index in [2.05, 4.69) is 5.10 Å². The van der Waals surface area contributed by atoms with Gasteiger partial charge in [0, 0.05) is 16.3 Å². The van der Waals surface area contributed by atoms with Crippen LogP contribution in [0.2, 0.25) is 0 Å². The molecule has 0 unspecified atom stereocenters. The first kappa shape index (κ1) is 17.9. The number of aryl methyl sites for hydroxylation is 1. The summed E-state index contributed by atoms with van der Waals surface area (Å²) in [6.07, 6.45) is 4.02. The molecule has 1 aromatic carbocycles. The van der Waals surface area contributed by atoms with Crippen LogP contribution in [-0.2, 0) is 0 Å². The summed E-state index contributed by atoms with van der Waals surface area (Å²) in [5.74, 6) is -1.53. The predicted octanol–water partition coefficient (Wildman–Crippen LogP) is 5.09. The Bertz CT molecular complexity index is 817. The summed E-state index contributed by atoms with van der Waals surface area (Å²) in [5, 5.41) is 13.9. The quantitative estimate of drug-likeness (QED) is 0.766. The van der Waals surface area contributed by atoms with Crippen LogP contribution >= 0.6 is 11.6 Å². The lowest BCUT2D eigenvalue weighted by Crippen LogP contribution is -2.04. The van der Waals surface area contributed by atoms with Crippen molar-refractivity contribution in [1.29, 1.82) is 0 Å². The smallest absolute Gasteiger partial charge is 0.356 e. The maximum Gasteiger partial charge on any atom is 0.356 e. The summed E-state index contributed by atoms with van der Waals surface area (Å²) < 4.78 is 15.3. The van der Waals surface area contributed by atoms with E-state index >= 15 is 0 Å². The topological polar surface area (TPSA) is 55.1 Å². The van der Waals surface area contributed by atoms with Crippen molar-refractivity contribution in [1.82, 2.24) is 9.78 Å². The van der Waals surface area contributed by atoms with Crippen molar-refractivity contribution >= 4 is 23.3 Å². The average Bonchev–Trinajstić information content (AvgIpc) is 2.96. The van der Waals surface area contributed by atoms with Gasteiger partial charge in [-0.25, -0.2) is 13.9 Å². The first-order chi connectivity index (χ1) is 11.3. The zero-order valence-corrected chi connectivity index (χ0v) is 14.4. The lowest BCUT2D eigenvalue weighted by molar-refractivity contribution is 0.0690. The molecule has 6 heteroatoms. The molecule has 0 bridgehead atoms.